The van der Waals surface area contributed by atoms with Crippen LogP contribution >= 0.6 is 0 Å². The minimum atomic E-state index is -0.938. The quantitative estimate of drug-likeness (QED) is 0.755. The van der Waals surface area contributed by atoms with Gasteiger partial charge in [-0.25, -0.2) is 14.8 Å². The Kier molecular flexibility index (Phi) is 3.34. The number of carbonyl (C=O) groups is 1. The summed E-state index contributed by atoms with van der Waals surface area (Å²) in [6.07, 6.45) is 2.89. The van der Waals surface area contributed by atoms with Crippen molar-refractivity contribution in [2.24, 2.45) is 0 Å². The molecule has 0 aliphatic carbocycles. The number of aromatic amines is 1. The zero-order valence-corrected chi connectivity index (χ0v) is 13.1. The fourth-order valence-electron chi connectivity index (χ4n) is 3.05. The third-order valence-corrected chi connectivity index (χ3v) is 4.33. The second-order valence-electron chi connectivity index (χ2n) is 5.90. The Morgan fingerprint density at radius 3 is 3.08 bits per heavy atom. The number of aromatic nitrogens is 3. The van der Waals surface area contributed by atoms with Gasteiger partial charge in [0, 0.05) is 28.7 Å². The summed E-state index contributed by atoms with van der Waals surface area (Å²) < 4.78 is 5.97. The number of fused-ring (bicyclic) bond motifs is 2. The number of nitrogens with one attached hydrogen (secondary N) is 1. The molecule has 122 valence electrons. The molecule has 0 unspecified atom stereocenters. The Balaban J connectivity index is 1.67. The van der Waals surface area contributed by atoms with Crippen LogP contribution in [0.1, 0.15) is 18.2 Å². The van der Waals surface area contributed by atoms with Crippen molar-refractivity contribution in [3.8, 4) is 11.6 Å². The maximum atomic E-state index is 11.3. The lowest BCUT2D eigenvalue weighted by Gasteiger charge is -2.32. The van der Waals surface area contributed by atoms with E-state index in [1.54, 1.807) is 0 Å². The minimum absolute atomic E-state index is 0.143. The van der Waals surface area contributed by atoms with Crippen molar-refractivity contribution in [2.75, 3.05) is 0 Å². The molecule has 0 saturated heterocycles. The van der Waals surface area contributed by atoms with Gasteiger partial charge in [0.05, 0.1) is 12.2 Å². The summed E-state index contributed by atoms with van der Waals surface area (Å²) in [6.45, 7) is 2.13. The molecule has 1 aromatic carbocycles. The average molecular weight is 324 g/mol. The van der Waals surface area contributed by atoms with E-state index in [-0.39, 0.29) is 12.6 Å². The number of hydrogen-bond acceptors (Lipinski definition) is 4. The van der Waals surface area contributed by atoms with Gasteiger partial charge in [-0.2, -0.15) is 0 Å². The van der Waals surface area contributed by atoms with Crippen LogP contribution in [0, 0.1) is 0 Å². The number of nitrogens with zero attached hydrogens (tertiary/aromatic N) is 3. The minimum Gasteiger partial charge on any atom is -0.465 e. The van der Waals surface area contributed by atoms with E-state index in [0.717, 1.165) is 16.5 Å². The monoisotopic (exact) mass is 324 g/mol. The van der Waals surface area contributed by atoms with Crippen LogP contribution in [0.2, 0.25) is 0 Å². The fourth-order valence-corrected chi connectivity index (χ4v) is 3.05. The van der Waals surface area contributed by atoms with Crippen LogP contribution in [-0.4, -0.2) is 37.1 Å². The van der Waals surface area contributed by atoms with Crippen LogP contribution in [0.5, 0.6) is 11.6 Å². The average Bonchev–Trinajstić information content (AvgIpc) is 3.02. The van der Waals surface area contributed by atoms with E-state index in [2.05, 4.69) is 15.0 Å². The van der Waals surface area contributed by atoms with Gasteiger partial charge in [0.15, 0.2) is 0 Å². The smallest absolute Gasteiger partial charge is 0.407 e. The molecule has 2 N–H and O–H groups in total. The predicted molar refractivity (Wildman–Crippen MR) is 87.1 cm³/mol. The van der Waals surface area contributed by atoms with Gasteiger partial charge < -0.3 is 14.8 Å². The van der Waals surface area contributed by atoms with Crippen molar-refractivity contribution in [1.82, 2.24) is 19.9 Å². The van der Waals surface area contributed by atoms with Crippen molar-refractivity contribution < 1.29 is 14.6 Å². The van der Waals surface area contributed by atoms with Crippen molar-refractivity contribution in [3.63, 3.8) is 0 Å². The highest BCUT2D eigenvalue weighted by Gasteiger charge is 2.30. The summed E-state index contributed by atoms with van der Waals surface area (Å²) in [7, 11) is 0. The van der Waals surface area contributed by atoms with E-state index in [9.17, 15) is 9.90 Å². The standard InChI is InChI=1S/C17H16N4O3/c1-10-6-13-15(8-21(10)17(22)23)19-9-20-16(13)24-12-2-3-14-11(7-12)4-5-18-14/h2-5,7,9-10,18H,6,8H2,1H3,(H,22,23)/t10-/m0/s1. The number of amides is 1. The van der Waals surface area contributed by atoms with E-state index in [4.69, 9.17) is 4.74 Å². The molecule has 0 bridgehead atoms. The Labute approximate surface area is 137 Å². The first-order chi connectivity index (χ1) is 11.6. The van der Waals surface area contributed by atoms with E-state index in [1.165, 1.54) is 11.2 Å². The van der Waals surface area contributed by atoms with Gasteiger partial charge in [0.1, 0.15) is 12.1 Å². The van der Waals surface area contributed by atoms with Gasteiger partial charge in [-0.15, -0.1) is 0 Å². The van der Waals surface area contributed by atoms with Crippen molar-refractivity contribution in [1.29, 1.82) is 0 Å². The highest BCUT2D eigenvalue weighted by Crippen LogP contribution is 2.31. The second kappa shape index (κ2) is 5.52. The van der Waals surface area contributed by atoms with Gasteiger partial charge in [0.2, 0.25) is 5.88 Å². The molecule has 1 atom stereocenters. The molecule has 3 aromatic rings. The van der Waals surface area contributed by atoms with Gasteiger partial charge in [-0.05, 0) is 37.6 Å². The number of benzene rings is 1. The number of hydrogen-bond donors (Lipinski definition) is 2. The molecule has 4 rings (SSSR count). The summed E-state index contributed by atoms with van der Waals surface area (Å²) >= 11 is 0. The van der Waals surface area contributed by atoms with Gasteiger partial charge >= 0.3 is 6.09 Å². The first-order valence-corrected chi connectivity index (χ1v) is 7.69. The Morgan fingerprint density at radius 2 is 2.25 bits per heavy atom. The van der Waals surface area contributed by atoms with Crippen molar-refractivity contribution >= 4 is 17.0 Å². The third kappa shape index (κ3) is 2.44. The zero-order chi connectivity index (χ0) is 16.7. The maximum Gasteiger partial charge on any atom is 0.407 e. The number of carboxylic acid groups (broad SMARTS) is 1. The molecule has 0 radical (unpaired) electrons. The summed E-state index contributed by atoms with van der Waals surface area (Å²) in [5.41, 5.74) is 2.61. The normalized spacial score (nSPS) is 16.9. The fraction of sp³-hybridized carbons (Fsp3) is 0.235. The van der Waals surface area contributed by atoms with Gasteiger partial charge in [-0.3, -0.25) is 4.90 Å². The number of rotatable bonds is 2. The van der Waals surface area contributed by atoms with E-state index in [1.807, 2.05) is 37.4 Å². The largest absolute Gasteiger partial charge is 0.465 e. The number of ether oxygens (including phenoxy) is 1. The first-order valence-electron chi connectivity index (χ1n) is 7.69. The predicted octanol–water partition coefficient (Wildman–Crippen LogP) is 3.17. The lowest BCUT2D eigenvalue weighted by Crippen LogP contribution is -2.42. The molecule has 1 aliphatic rings. The highest BCUT2D eigenvalue weighted by atomic mass is 16.5. The lowest BCUT2D eigenvalue weighted by molar-refractivity contribution is 0.118. The summed E-state index contributed by atoms with van der Waals surface area (Å²) in [6, 6.07) is 7.60. The molecule has 0 spiro atoms. The topological polar surface area (TPSA) is 91.3 Å². The second-order valence-corrected chi connectivity index (χ2v) is 5.90. The molecular weight excluding hydrogens is 308 g/mol. The Hall–Kier alpha value is -3.09. The molecule has 1 amide bonds. The van der Waals surface area contributed by atoms with Gasteiger partial charge in [0.25, 0.3) is 0 Å². The molecule has 1 aliphatic heterocycles. The van der Waals surface area contributed by atoms with Crippen molar-refractivity contribution in [2.45, 2.75) is 25.9 Å². The van der Waals surface area contributed by atoms with Crippen LogP contribution in [0.15, 0.2) is 36.8 Å². The van der Waals surface area contributed by atoms with E-state index < -0.39 is 6.09 Å². The molecule has 24 heavy (non-hydrogen) atoms. The third-order valence-electron chi connectivity index (χ3n) is 4.33. The molecule has 3 heterocycles. The Bertz CT molecular complexity index is 921. The van der Waals surface area contributed by atoms with E-state index >= 15 is 0 Å². The van der Waals surface area contributed by atoms with Crippen LogP contribution < -0.4 is 4.74 Å². The first kappa shape index (κ1) is 14.5. The summed E-state index contributed by atoms with van der Waals surface area (Å²) in [4.78, 5) is 24.3. The molecule has 0 saturated carbocycles. The summed E-state index contributed by atoms with van der Waals surface area (Å²) in [5.74, 6) is 1.18. The molecular formula is C17H16N4O3. The SMILES string of the molecule is C[C@H]1Cc2c(ncnc2Oc2ccc3[nH]ccc3c2)CN1C(=O)O. The van der Waals surface area contributed by atoms with Gasteiger partial charge in [-0.1, -0.05) is 0 Å². The molecule has 2 aromatic heterocycles. The van der Waals surface area contributed by atoms with Crippen molar-refractivity contribution in [3.05, 3.63) is 48.0 Å². The van der Waals surface area contributed by atoms with Crippen LogP contribution in [0.3, 0.4) is 0 Å². The zero-order valence-electron chi connectivity index (χ0n) is 13.1. The van der Waals surface area contributed by atoms with Crippen LogP contribution in [0.4, 0.5) is 4.79 Å². The highest BCUT2D eigenvalue weighted by molar-refractivity contribution is 5.80. The molecule has 7 heteroatoms. The lowest BCUT2D eigenvalue weighted by atomic mass is 10.00. The molecule has 7 nitrogen and oxygen atoms in total. The van der Waals surface area contributed by atoms with Crippen LogP contribution in [0.25, 0.3) is 10.9 Å². The Morgan fingerprint density at radius 1 is 1.38 bits per heavy atom. The molecule has 0 fully saturated rings. The number of H-pyrrole nitrogens is 1. The van der Waals surface area contributed by atoms with E-state index in [0.29, 0.717) is 23.7 Å². The summed E-state index contributed by atoms with van der Waals surface area (Å²) in [5, 5.41) is 10.3. The maximum absolute atomic E-state index is 11.3. The van der Waals surface area contributed by atoms with Crippen LogP contribution in [-0.2, 0) is 13.0 Å².